The van der Waals surface area contributed by atoms with E-state index in [0.717, 1.165) is 18.7 Å². The van der Waals surface area contributed by atoms with E-state index >= 15 is 0 Å². The smallest absolute Gasteiger partial charge is 0.360 e. The second-order valence-corrected chi connectivity index (χ2v) is 5.35. The highest BCUT2D eigenvalue weighted by Gasteiger charge is 2.33. The Kier molecular flexibility index (Phi) is 4.27. The first kappa shape index (κ1) is 16.4. The lowest BCUT2D eigenvalue weighted by Crippen LogP contribution is -2.28. The number of amides is 1. The van der Waals surface area contributed by atoms with Gasteiger partial charge in [0.2, 0.25) is 0 Å². The number of nitrogens with zero attached hydrogens (tertiary/aromatic N) is 1. The first-order valence-electron chi connectivity index (χ1n) is 7.18. The number of benzene rings is 1. The number of rotatable bonds is 3. The number of hydrogen-bond donors (Lipinski definition) is 2. The van der Waals surface area contributed by atoms with Crippen LogP contribution in [0.2, 0.25) is 0 Å². The molecule has 0 saturated heterocycles. The van der Waals surface area contributed by atoms with Crippen LogP contribution < -0.4 is 10.6 Å². The topological polar surface area (TPSA) is 67.2 Å². The van der Waals surface area contributed by atoms with Crippen molar-refractivity contribution >= 4 is 5.91 Å². The molecular formula is C15H13F4N3O2. The van der Waals surface area contributed by atoms with Crippen LogP contribution in [0.4, 0.5) is 17.6 Å². The summed E-state index contributed by atoms with van der Waals surface area (Å²) in [6.45, 7) is 1.06. The predicted octanol–water partition coefficient (Wildman–Crippen LogP) is 2.41. The van der Waals surface area contributed by atoms with Gasteiger partial charge in [0.25, 0.3) is 5.91 Å². The summed E-state index contributed by atoms with van der Waals surface area (Å²) in [5, 5.41) is 9.31. The van der Waals surface area contributed by atoms with Crippen LogP contribution in [0.25, 0.3) is 0 Å². The zero-order chi connectivity index (χ0) is 17.3. The van der Waals surface area contributed by atoms with E-state index in [1.54, 1.807) is 0 Å². The van der Waals surface area contributed by atoms with Crippen LogP contribution in [0.1, 0.15) is 32.9 Å². The maximum atomic E-state index is 13.5. The fraction of sp³-hybridized carbons (Fsp3) is 0.333. The molecule has 1 aromatic carbocycles. The van der Waals surface area contributed by atoms with Crippen LogP contribution >= 0.6 is 0 Å². The lowest BCUT2D eigenvalue weighted by molar-refractivity contribution is -0.140. The Morgan fingerprint density at radius 1 is 1.38 bits per heavy atom. The minimum atomic E-state index is -4.75. The fourth-order valence-corrected chi connectivity index (χ4v) is 2.48. The first-order chi connectivity index (χ1) is 11.4. The largest absolute Gasteiger partial charge is 0.419 e. The van der Waals surface area contributed by atoms with Crippen molar-refractivity contribution in [3.8, 4) is 0 Å². The molecule has 9 heteroatoms. The molecule has 2 N–H and O–H groups in total. The zero-order valence-corrected chi connectivity index (χ0v) is 12.3. The highest BCUT2D eigenvalue weighted by atomic mass is 19.4. The van der Waals surface area contributed by atoms with Crippen molar-refractivity contribution < 1.29 is 26.9 Å². The number of nitrogens with one attached hydrogen (secondary N) is 2. The van der Waals surface area contributed by atoms with E-state index in [2.05, 4.69) is 15.8 Å². The van der Waals surface area contributed by atoms with Crippen LogP contribution in [0.3, 0.4) is 0 Å². The number of alkyl halides is 3. The highest BCUT2D eigenvalue weighted by Crippen LogP contribution is 2.31. The van der Waals surface area contributed by atoms with Crippen molar-refractivity contribution in [1.29, 1.82) is 0 Å². The first-order valence-corrected chi connectivity index (χ1v) is 7.18. The van der Waals surface area contributed by atoms with Crippen molar-refractivity contribution in [1.82, 2.24) is 15.8 Å². The summed E-state index contributed by atoms with van der Waals surface area (Å²) < 4.78 is 56.1. The van der Waals surface area contributed by atoms with Gasteiger partial charge in [-0.15, -0.1) is 0 Å². The summed E-state index contributed by atoms with van der Waals surface area (Å²) in [5.41, 5.74) is -0.333. The maximum absolute atomic E-state index is 13.5. The lowest BCUT2D eigenvalue weighted by atomic mass is 10.1. The molecule has 0 saturated carbocycles. The Morgan fingerprint density at radius 3 is 2.88 bits per heavy atom. The Morgan fingerprint density at radius 2 is 2.17 bits per heavy atom. The van der Waals surface area contributed by atoms with Gasteiger partial charge in [0.1, 0.15) is 11.6 Å². The molecule has 2 heterocycles. The third kappa shape index (κ3) is 3.25. The summed E-state index contributed by atoms with van der Waals surface area (Å²) in [7, 11) is 0. The predicted molar refractivity (Wildman–Crippen MR) is 74.5 cm³/mol. The third-order valence-corrected chi connectivity index (χ3v) is 3.71. The molecule has 0 unspecified atom stereocenters. The standard InChI is InChI=1S/C15H13F4N3O2/c16-11-5-8(1-2-10(11)15(17,18)19)6-21-14(23)13-9-7-20-4-3-12(9)24-22-13/h1-2,5,20H,3-4,6-7H2,(H,21,23). The Labute approximate surface area is 134 Å². The van der Waals surface area contributed by atoms with Gasteiger partial charge in [-0.25, -0.2) is 4.39 Å². The molecule has 0 atom stereocenters. The van der Waals surface area contributed by atoms with E-state index in [1.807, 2.05) is 0 Å². The van der Waals surface area contributed by atoms with Gasteiger partial charge in [0, 0.05) is 31.6 Å². The molecule has 5 nitrogen and oxygen atoms in total. The monoisotopic (exact) mass is 343 g/mol. The molecule has 24 heavy (non-hydrogen) atoms. The molecule has 1 aliphatic heterocycles. The molecule has 0 aliphatic carbocycles. The molecule has 0 spiro atoms. The summed E-state index contributed by atoms with van der Waals surface area (Å²) >= 11 is 0. The molecule has 2 aromatic rings. The number of carbonyl (C=O) groups is 1. The third-order valence-electron chi connectivity index (χ3n) is 3.71. The van der Waals surface area contributed by atoms with Crippen LogP contribution in [0.15, 0.2) is 22.7 Å². The molecular weight excluding hydrogens is 330 g/mol. The minimum Gasteiger partial charge on any atom is -0.360 e. The van der Waals surface area contributed by atoms with Crippen molar-refractivity contribution in [3.05, 3.63) is 52.2 Å². The van der Waals surface area contributed by atoms with Crippen LogP contribution in [0, 0.1) is 5.82 Å². The molecule has 0 bridgehead atoms. The number of aromatic nitrogens is 1. The van der Waals surface area contributed by atoms with Gasteiger partial charge in [-0.1, -0.05) is 11.2 Å². The Bertz CT molecular complexity index is 771. The van der Waals surface area contributed by atoms with Gasteiger partial charge in [-0.05, 0) is 17.7 Å². The average molecular weight is 343 g/mol. The molecule has 1 aliphatic rings. The van der Waals surface area contributed by atoms with Crippen LogP contribution in [0.5, 0.6) is 0 Å². The van der Waals surface area contributed by atoms with E-state index < -0.39 is 23.5 Å². The van der Waals surface area contributed by atoms with Gasteiger partial charge in [-0.2, -0.15) is 13.2 Å². The van der Waals surface area contributed by atoms with Crippen LogP contribution in [-0.4, -0.2) is 17.6 Å². The summed E-state index contributed by atoms with van der Waals surface area (Å²) in [6.07, 6.45) is -4.13. The number of carbonyl (C=O) groups excluding carboxylic acids is 1. The van der Waals surface area contributed by atoms with Crippen molar-refractivity contribution in [3.63, 3.8) is 0 Å². The van der Waals surface area contributed by atoms with Gasteiger partial charge in [0.05, 0.1) is 5.56 Å². The highest BCUT2D eigenvalue weighted by molar-refractivity contribution is 5.93. The van der Waals surface area contributed by atoms with E-state index in [0.29, 0.717) is 30.4 Å². The van der Waals surface area contributed by atoms with E-state index in [1.165, 1.54) is 0 Å². The zero-order valence-electron chi connectivity index (χ0n) is 12.3. The van der Waals surface area contributed by atoms with Crippen molar-refractivity contribution in [2.24, 2.45) is 0 Å². The summed E-state index contributed by atoms with van der Waals surface area (Å²) in [6, 6.07) is 2.52. The number of hydrogen-bond acceptors (Lipinski definition) is 4. The lowest BCUT2D eigenvalue weighted by Gasteiger charge is -2.12. The molecule has 0 fully saturated rings. The SMILES string of the molecule is O=C(NCc1ccc(C(F)(F)F)c(F)c1)c1noc2c1CNCC2. The van der Waals surface area contributed by atoms with E-state index in [4.69, 9.17) is 4.52 Å². The second kappa shape index (κ2) is 6.23. The second-order valence-electron chi connectivity index (χ2n) is 5.35. The molecule has 1 aromatic heterocycles. The van der Waals surface area contributed by atoms with E-state index in [-0.39, 0.29) is 17.8 Å². The molecule has 3 rings (SSSR count). The molecule has 0 radical (unpaired) electrons. The molecule has 1 amide bonds. The van der Waals surface area contributed by atoms with Crippen LogP contribution in [-0.2, 0) is 25.7 Å². The fourth-order valence-electron chi connectivity index (χ4n) is 2.48. The minimum absolute atomic E-state index is 0.122. The van der Waals surface area contributed by atoms with E-state index in [9.17, 15) is 22.4 Å². The van der Waals surface area contributed by atoms with Crippen molar-refractivity contribution in [2.75, 3.05) is 6.54 Å². The Balaban J connectivity index is 1.69. The van der Waals surface area contributed by atoms with Gasteiger partial charge >= 0.3 is 6.18 Å². The van der Waals surface area contributed by atoms with Gasteiger partial charge in [0.15, 0.2) is 5.69 Å². The quantitative estimate of drug-likeness (QED) is 0.840. The maximum Gasteiger partial charge on any atom is 0.419 e. The Hall–Kier alpha value is -2.42. The summed E-state index contributed by atoms with van der Waals surface area (Å²) in [5.74, 6) is -1.26. The summed E-state index contributed by atoms with van der Waals surface area (Å²) in [4.78, 5) is 12.1. The number of halogens is 4. The number of fused-ring (bicyclic) bond motifs is 1. The average Bonchev–Trinajstić information content (AvgIpc) is 2.95. The van der Waals surface area contributed by atoms with Gasteiger partial charge < -0.3 is 15.2 Å². The van der Waals surface area contributed by atoms with Crippen molar-refractivity contribution in [2.45, 2.75) is 25.7 Å². The molecule has 128 valence electrons. The van der Waals surface area contributed by atoms with Gasteiger partial charge in [-0.3, -0.25) is 4.79 Å². The normalized spacial score (nSPS) is 14.3.